The molecule has 0 unspecified atom stereocenters. The van der Waals surface area contributed by atoms with Gasteiger partial charge in [-0.1, -0.05) is 41.4 Å². The van der Waals surface area contributed by atoms with Crippen LogP contribution in [0, 0.1) is 13.8 Å². The Kier molecular flexibility index (Phi) is 4.66. The molecule has 3 rings (SSSR count). The Balaban J connectivity index is 0.000000173. The van der Waals surface area contributed by atoms with Gasteiger partial charge in [-0.15, -0.1) is 0 Å². The third kappa shape index (κ3) is 4.10. The molecule has 1 heterocycles. The Morgan fingerprint density at radius 1 is 1.00 bits per heavy atom. The molecule has 0 aliphatic carbocycles. The van der Waals surface area contributed by atoms with Gasteiger partial charge in [0.2, 0.25) is 5.76 Å². The van der Waals surface area contributed by atoms with Gasteiger partial charge in [0, 0.05) is 10.4 Å². The number of carbonyl (C=O) groups is 1. The van der Waals surface area contributed by atoms with Crippen LogP contribution in [0.1, 0.15) is 21.7 Å². The summed E-state index contributed by atoms with van der Waals surface area (Å²) >= 11 is 5.61. The summed E-state index contributed by atoms with van der Waals surface area (Å²) in [6.45, 7) is 3.97. The molecule has 0 aliphatic rings. The quantitative estimate of drug-likeness (QED) is 0.681. The molecular weight excluding hydrogens is 288 g/mol. The molecule has 0 bridgehead atoms. The SMILES string of the molecule is Cc1ccc(Cl)cc1.Cc1ccc2cc(C(=O)O)oc2c1. The molecule has 3 aromatic rings. The maximum Gasteiger partial charge on any atom is 0.371 e. The standard InChI is InChI=1S/C10H8O3.C7H7Cl/c1-6-2-3-7-5-9(10(11)12)13-8(7)4-6;1-6-2-4-7(8)5-3-6/h2-5H,1H3,(H,11,12);2-5H,1H3. The van der Waals surface area contributed by atoms with E-state index in [0.717, 1.165) is 16.0 Å². The summed E-state index contributed by atoms with van der Waals surface area (Å²) in [5.41, 5.74) is 2.92. The van der Waals surface area contributed by atoms with Crippen LogP contribution in [0.25, 0.3) is 11.0 Å². The third-order valence-corrected chi connectivity index (χ3v) is 3.15. The molecule has 3 nitrogen and oxygen atoms in total. The predicted molar refractivity (Wildman–Crippen MR) is 84.1 cm³/mol. The first-order valence-corrected chi connectivity index (χ1v) is 6.79. The lowest BCUT2D eigenvalue weighted by Gasteiger charge is -1.89. The van der Waals surface area contributed by atoms with Crippen LogP contribution in [0.15, 0.2) is 52.9 Å². The average Bonchev–Trinajstić information content (AvgIpc) is 2.86. The fourth-order valence-electron chi connectivity index (χ4n) is 1.78. The van der Waals surface area contributed by atoms with E-state index in [1.807, 2.05) is 56.3 Å². The predicted octanol–water partition coefficient (Wildman–Crippen LogP) is 5.09. The number of hydrogen-bond donors (Lipinski definition) is 1. The van der Waals surface area contributed by atoms with Crippen LogP contribution >= 0.6 is 11.6 Å². The maximum absolute atomic E-state index is 10.6. The number of rotatable bonds is 1. The van der Waals surface area contributed by atoms with Gasteiger partial charge in [0.15, 0.2) is 0 Å². The van der Waals surface area contributed by atoms with Gasteiger partial charge < -0.3 is 9.52 Å². The first-order valence-electron chi connectivity index (χ1n) is 6.41. The lowest BCUT2D eigenvalue weighted by Crippen LogP contribution is -1.91. The first kappa shape index (κ1) is 15.1. The maximum atomic E-state index is 10.6. The summed E-state index contributed by atoms with van der Waals surface area (Å²) in [5, 5.41) is 10.3. The minimum absolute atomic E-state index is 0.0133. The van der Waals surface area contributed by atoms with E-state index < -0.39 is 5.97 Å². The van der Waals surface area contributed by atoms with Crippen molar-refractivity contribution in [2.24, 2.45) is 0 Å². The highest BCUT2D eigenvalue weighted by Gasteiger charge is 2.09. The smallest absolute Gasteiger partial charge is 0.371 e. The van der Waals surface area contributed by atoms with Gasteiger partial charge in [0.05, 0.1) is 0 Å². The van der Waals surface area contributed by atoms with Crippen molar-refractivity contribution in [3.63, 3.8) is 0 Å². The number of aromatic carboxylic acids is 1. The number of aryl methyl sites for hydroxylation is 2. The van der Waals surface area contributed by atoms with E-state index in [-0.39, 0.29) is 5.76 Å². The van der Waals surface area contributed by atoms with Gasteiger partial charge in [-0.25, -0.2) is 4.79 Å². The number of furan rings is 1. The van der Waals surface area contributed by atoms with Crippen molar-refractivity contribution in [2.45, 2.75) is 13.8 Å². The molecule has 0 amide bonds. The van der Waals surface area contributed by atoms with E-state index >= 15 is 0 Å². The van der Waals surface area contributed by atoms with Crippen molar-refractivity contribution >= 4 is 28.5 Å². The lowest BCUT2D eigenvalue weighted by atomic mass is 10.2. The molecular formula is C17H15ClO3. The summed E-state index contributed by atoms with van der Waals surface area (Å²) in [4.78, 5) is 10.6. The molecule has 0 radical (unpaired) electrons. The Morgan fingerprint density at radius 3 is 2.19 bits per heavy atom. The van der Waals surface area contributed by atoms with E-state index in [2.05, 4.69) is 0 Å². The second-order valence-corrected chi connectivity index (χ2v) is 5.19. The minimum Gasteiger partial charge on any atom is -0.475 e. The minimum atomic E-state index is -1.03. The Labute approximate surface area is 127 Å². The molecule has 4 heteroatoms. The van der Waals surface area contributed by atoms with E-state index in [4.69, 9.17) is 21.1 Å². The van der Waals surface area contributed by atoms with Crippen LogP contribution < -0.4 is 0 Å². The van der Waals surface area contributed by atoms with Gasteiger partial charge >= 0.3 is 5.97 Å². The van der Waals surface area contributed by atoms with Crippen LogP contribution in [0.5, 0.6) is 0 Å². The highest BCUT2D eigenvalue weighted by Crippen LogP contribution is 2.20. The number of halogens is 1. The van der Waals surface area contributed by atoms with Crippen LogP contribution in [-0.2, 0) is 0 Å². The van der Waals surface area contributed by atoms with Crippen LogP contribution in [0.3, 0.4) is 0 Å². The highest BCUT2D eigenvalue weighted by molar-refractivity contribution is 6.30. The second-order valence-electron chi connectivity index (χ2n) is 4.75. The van der Waals surface area contributed by atoms with Gasteiger partial charge in [0.25, 0.3) is 0 Å². The molecule has 21 heavy (non-hydrogen) atoms. The zero-order chi connectivity index (χ0) is 15.4. The second kappa shape index (κ2) is 6.46. The van der Waals surface area contributed by atoms with Gasteiger partial charge in [0.1, 0.15) is 5.58 Å². The number of hydrogen-bond acceptors (Lipinski definition) is 2. The molecule has 0 saturated heterocycles. The van der Waals surface area contributed by atoms with Crippen molar-refractivity contribution < 1.29 is 14.3 Å². The fraction of sp³-hybridized carbons (Fsp3) is 0.118. The van der Waals surface area contributed by atoms with Crippen molar-refractivity contribution in [1.82, 2.24) is 0 Å². The van der Waals surface area contributed by atoms with Crippen LogP contribution in [-0.4, -0.2) is 11.1 Å². The largest absolute Gasteiger partial charge is 0.475 e. The van der Waals surface area contributed by atoms with Crippen molar-refractivity contribution in [3.8, 4) is 0 Å². The molecule has 0 atom stereocenters. The third-order valence-electron chi connectivity index (χ3n) is 2.90. The molecule has 0 saturated carbocycles. The number of carboxylic acids is 1. The van der Waals surface area contributed by atoms with Crippen molar-refractivity contribution in [2.75, 3.05) is 0 Å². The van der Waals surface area contributed by atoms with Gasteiger partial charge in [-0.3, -0.25) is 0 Å². The summed E-state index contributed by atoms with van der Waals surface area (Å²) in [6.07, 6.45) is 0. The molecule has 0 spiro atoms. The Hall–Kier alpha value is -2.26. The number of carboxylic acid groups (broad SMARTS) is 1. The molecule has 1 N–H and O–H groups in total. The average molecular weight is 303 g/mol. The zero-order valence-corrected chi connectivity index (χ0v) is 12.5. The number of fused-ring (bicyclic) bond motifs is 1. The summed E-state index contributed by atoms with van der Waals surface area (Å²) in [6, 6.07) is 14.9. The van der Waals surface area contributed by atoms with Crippen LogP contribution in [0.4, 0.5) is 0 Å². The van der Waals surface area contributed by atoms with E-state index in [1.165, 1.54) is 11.6 Å². The Morgan fingerprint density at radius 2 is 1.62 bits per heavy atom. The summed E-state index contributed by atoms with van der Waals surface area (Å²) < 4.78 is 5.11. The summed E-state index contributed by atoms with van der Waals surface area (Å²) in [7, 11) is 0. The number of benzene rings is 2. The topological polar surface area (TPSA) is 50.4 Å². The molecule has 0 fully saturated rings. The Bertz CT molecular complexity index is 736. The molecule has 2 aromatic carbocycles. The van der Waals surface area contributed by atoms with Gasteiger partial charge in [-0.05, 0) is 43.7 Å². The van der Waals surface area contributed by atoms with Crippen molar-refractivity contribution in [3.05, 3.63) is 70.4 Å². The zero-order valence-electron chi connectivity index (χ0n) is 11.8. The fourth-order valence-corrected chi connectivity index (χ4v) is 1.90. The lowest BCUT2D eigenvalue weighted by molar-refractivity contribution is 0.0665. The van der Waals surface area contributed by atoms with E-state index in [9.17, 15) is 4.79 Å². The normalized spacial score (nSPS) is 10.0. The van der Waals surface area contributed by atoms with Crippen LogP contribution in [0.2, 0.25) is 5.02 Å². The first-order chi connectivity index (χ1) is 9.95. The molecule has 1 aromatic heterocycles. The molecule has 0 aliphatic heterocycles. The van der Waals surface area contributed by atoms with E-state index in [1.54, 1.807) is 0 Å². The highest BCUT2D eigenvalue weighted by atomic mass is 35.5. The monoisotopic (exact) mass is 302 g/mol. The van der Waals surface area contributed by atoms with Gasteiger partial charge in [-0.2, -0.15) is 0 Å². The van der Waals surface area contributed by atoms with Crippen molar-refractivity contribution in [1.29, 1.82) is 0 Å². The van der Waals surface area contributed by atoms with E-state index in [0.29, 0.717) is 5.58 Å². The molecule has 108 valence electrons. The summed E-state index contributed by atoms with van der Waals surface area (Å²) in [5.74, 6) is -1.05.